The van der Waals surface area contributed by atoms with Crippen molar-refractivity contribution in [3.63, 3.8) is 0 Å². The topological polar surface area (TPSA) is 83.0 Å². The minimum Gasteiger partial charge on any atom is -0.507 e. The lowest BCUT2D eigenvalue weighted by Crippen LogP contribution is -2.35. The number of pyridine rings is 1. The van der Waals surface area contributed by atoms with Crippen LogP contribution >= 0.6 is 11.6 Å². The molecule has 0 radical (unpaired) electrons. The fraction of sp³-hybridized carbons (Fsp3) is 0.286. The van der Waals surface area contributed by atoms with Crippen LogP contribution in [0.15, 0.2) is 48.3 Å². The summed E-state index contributed by atoms with van der Waals surface area (Å²) in [6, 6.07) is 7.44. The molecular weight excluding hydrogens is 394 g/mol. The molecule has 8 heteroatoms. The second kappa shape index (κ2) is 8.63. The number of aromatic nitrogens is 1. The molecular formula is C21H22ClN3O4. The lowest BCUT2D eigenvalue weighted by atomic mass is 9.96. The van der Waals surface area contributed by atoms with Crippen molar-refractivity contribution in [2.45, 2.75) is 6.04 Å². The molecule has 1 fully saturated rings. The number of aliphatic hydroxyl groups is 1. The summed E-state index contributed by atoms with van der Waals surface area (Å²) in [5.41, 5.74) is 1.07. The number of ether oxygens (including phenoxy) is 1. The number of hydrogen-bond donors (Lipinski definition) is 1. The van der Waals surface area contributed by atoms with E-state index in [1.807, 2.05) is 19.0 Å². The van der Waals surface area contributed by atoms with Crippen molar-refractivity contribution < 1.29 is 19.4 Å². The number of ketones is 1. The van der Waals surface area contributed by atoms with Crippen LogP contribution in [0.3, 0.4) is 0 Å². The van der Waals surface area contributed by atoms with Gasteiger partial charge in [-0.2, -0.15) is 0 Å². The van der Waals surface area contributed by atoms with Crippen LogP contribution in [-0.2, 0) is 9.59 Å². The van der Waals surface area contributed by atoms with E-state index in [1.165, 1.54) is 18.1 Å². The molecule has 1 N–H and O–H groups in total. The monoisotopic (exact) mass is 415 g/mol. The van der Waals surface area contributed by atoms with Crippen molar-refractivity contribution in [3.8, 4) is 5.75 Å². The van der Waals surface area contributed by atoms with E-state index >= 15 is 0 Å². The summed E-state index contributed by atoms with van der Waals surface area (Å²) in [6.07, 6.45) is 3.18. The average Bonchev–Trinajstić information content (AvgIpc) is 2.97. The number of carbonyl (C=O) groups is 2. The van der Waals surface area contributed by atoms with Crippen LogP contribution in [0.4, 0.5) is 0 Å². The third-order valence-electron chi connectivity index (χ3n) is 4.77. The van der Waals surface area contributed by atoms with E-state index in [2.05, 4.69) is 4.98 Å². The first-order valence-corrected chi connectivity index (χ1v) is 9.40. The van der Waals surface area contributed by atoms with Crippen LogP contribution in [0.1, 0.15) is 17.2 Å². The number of methoxy groups -OCH3 is 1. The van der Waals surface area contributed by atoms with Gasteiger partial charge in [0, 0.05) is 31.0 Å². The summed E-state index contributed by atoms with van der Waals surface area (Å²) in [4.78, 5) is 33.1. The van der Waals surface area contributed by atoms with Crippen molar-refractivity contribution in [2.75, 3.05) is 34.3 Å². The van der Waals surface area contributed by atoms with Crippen LogP contribution < -0.4 is 4.74 Å². The summed E-state index contributed by atoms with van der Waals surface area (Å²) in [7, 11) is 5.23. The number of likely N-dealkylation sites (tertiary alicyclic amines) is 1. The van der Waals surface area contributed by atoms with Crippen molar-refractivity contribution >= 4 is 29.1 Å². The Morgan fingerprint density at radius 2 is 1.93 bits per heavy atom. The summed E-state index contributed by atoms with van der Waals surface area (Å²) < 4.78 is 5.20. The van der Waals surface area contributed by atoms with Gasteiger partial charge in [-0.3, -0.25) is 14.6 Å². The minimum atomic E-state index is -0.725. The normalized spacial score (nSPS) is 18.5. The Morgan fingerprint density at radius 1 is 1.24 bits per heavy atom. The Morgan fingerprint density at radius 3 is 2.55 bits per heavy atom. The molecule has 1 aliphatic rings. The number of hydrogen-bond acceptors (Lipinski definition) is 6. The molecule has 0 saturated carbocycles. The Hall–Kier alpha value is -2.90. The van der Waals surface area contributed by atoms with Gasteiger partial charge < -0.3 is 19.6 Å². The number of likely N-dealkylation sites (N-methyl/N-ethyl adjacent to an activating group) is 1. The summed E-state index contributed by atoms with van der Waals surface area (Å²) in [5.74, 6) is -1.28. The second-order valence-corrected chi connectivity index (χ2v) is 7.33. The number of halogens is 1. The zero-order valence-corrected chi connectivity index (χ0v) is 17.2. The van der Waals surface area contributed by atoms with Crippen LogP contribution in [0.5, 0.6) is 5.75 Å². The molecule has 2 aromatic rings. The molecule has 1 aromatic carbocycles. The smallest absolute Gasteiger partial charge is 0.295 e. The van der Waals surface area contributed by atoms with E-state index in [-0.39, 0.29) is 11.3 Å². The Balaban J connectivity index is 2.14. The SMILES string of the molecule is COc1cc(/C(O)=C2/C(=O)C(=O)N(CCN(C)C)C2c2ccncc2)ccc1Cl. The fourth-order valence-corrected chi connectivity index (χ4v) is 3.47. The molecule has 152 valence electrons. The maximum absolute atomic E-state index is 12.9. The molecule has 1 saturated heterocycles. The van der Waals surface area contributed by atoms with Gasteiger partial charge in [-0.05, 0) is 50.0 Å². The molecule has 7 nitrogen and oxygen atoms in total. The van der Waals surface area contributed by atoms with E-state index in [0.717, 1.165) is 0 Å². The number of Topliss-reactive ketones (excluding diaryl/α,β-unsaturated/α-hetero) is 1. The van der Waals surface area contributed by atoms with Crippen molar-refractivity contribution in [1.82, 2.24) is 14.8 Å². The van der Waals surface area contributed by atoms with Gasteiger partial charge in [0.1, 0.15) is 11.5 Å². The van der Waals surface area contributed by atoms with Gasteiger partial charge >= 0.3 is 0 Å². The average molecular weight is 416 g/mol. The molecule has 0 aliphatic carbocycles. The predicted octanol–water partition coefficient (Wildman–Crippen LogP) is 2.73. The highest BCUT2D eigenvalue weighted by Gasteiger charge is 2.45. The van der Waals surface area contributed by atoms with E-state index in [1.54, 1.807) is 36.7 Å². The Bertz CT molecular complexity index is 960. The standard InChI is InChI=1S/C21H22ClN3O4/c1-24(2)10-11-25-18(13-6-8-23-9-7-13)17(20(27)21(25)28)19(26)14-4-5-15(22)16(12-14)29-3/h4-9,12,18,26H,10-11H2,1-3H3/b19-17-. The largest absolute Gasteiger partial charge is 0.507 e. The molecule has 1 aliphatic heterocycles. The quantitative estimate of drug-likeness (QED) is 0.443. The minimum absolute atomic E-state index is 0.0318. The van der Waals surface area contributed by atoms with Crippen LogP contribution in [0.2, 0.25) is 5.02 Å². The third kappa shape index (κ3) is 4.11. The first-order valence-electron chi connectivity index (χ1n) is 9.02. The van der Waals surface area contributed by atoms with Crippen molar-refractivity contribution in [2.24, 2.45) is 0 Å². The number of aliphatic hydroxyl groups excluding tert-OH is 1. The molecule has 1 atom stereocenters. The molecule has 29 heavy (non-hydrogen) atoms. The Labute approximate surface area is 174 Å². The highest BCUT2D eigenvalue weighted by molar-refractivity contribution is 6.46. The molecule has 1 amide bonds. The first kappa shape index (κ1) is 20.8. The fourth-order valence-electron chi connectivity index (χ4n) is 3.27. The van der Waals surface area contributed by atoms with E-state index in [4.69, 9.17) is 16.3 Å². The Kier molecular flexibility index (Phi) is 6.20. The van der Waals surface area contributed by atoms with Gasteiger partial charge in [-0.1, -0.05) is 11.6 Å². The van der Waals surface area contributed by atoms with E-state index < -0.39 is 17.7 Å². The summed E-state index contributed by atoms with van der Waals surface area (Å²) in [5, 5.41) is 11.4. The van der Waals surface area contributed by atoms with Gasteiger partial charge in [0.05, 0.1) is 23.7 Å². The lowest BCUT2D eigenvalue weighted by molar-refractivity contribution is -0.140. The molecule has 1 unspecified atom stereocenters. The van der Waals surface area contributed by atoms with E-state index in [0.29, 0.717) is 35.0 Å². The van der Waals surface area contributed by atoms with Crippen LogP contribution in [0, 0.1) is 0 Å². The van der Waals surface area contributed by atoms with Crippen molar-refractivity contribution in [3.05, 3.63) is 64.4 Å². The lowest BCUT2D eigenvalue weighted by Gasteiger charge is -2.26. The second-order valence-electron chi connectivity index (χ2n) is 6.93. The van der Waals surface area contributed by atoms with Crippen molar-refractivity contribution in [1.29, 1.82) is 0 Å². The van der Waals surface area contributed by atoms with Gasteiger partial charge in [-0.15, -0.1) is 0 Å². The van der Waals surface area contributed by atoms with Gasteiger partial charge in [-0.25, -0.2) is 0 Å². The number of benzene rings is 1. The summed E-state index contributed by atoms with van der Waals surface area (Å²) in [6.45, 7) is 0.911. The molecule has 0 bridgehead atoms. The molecule has 2 heterocycles. The van der Waals surface area contributed by atoms with Crippen LogP contribution in [0.25, 0.3) is 5.76 Å². The highest BCUT2D eigenvalue weighted by atomic mass is 35.5. The van der Waals surface area contributed by atoms with Gasteiger partial charge in [0.15, 0.2) is 0 Å². The van der Waals surface area contributed by atoms with Crippen LogP contribution in [-0.4, -0.2) is 65.9 Å². The van der Waals surface area contributed by atoms with Gasteiger partial charge in [0.25, 0.3) is 11.7 Å². The maximum atomic E-state index is 12.9. The zero-order valence-electron chi connectivity index (χ0n) is 16.4. The maximum Gasteiger partial charge on any atom is 0.295 e. The number of rotatable bonds is 6. The number of carbonyl (C=O) groups excluding carboxylic acids is 2. The summed E-state index contributed by atoms with van der Waals surface area (Å²) >= 11 is 6.07. The predicted molar refractivity (Wildman–Crippen MR) is 110 cm³/mol. The zero-order chi connectivity index (χ0) is 21.1. The molecule has 3 rings (SSSR count). The van der Waals surface area contributed by atoms with E-state index in [9.17, 15) is 14.7 Å². The number of amides is 1. The van der Waals surface area contributed by atoms with Gasteiger partial charge in [0.2, 0.25) is 0 Å². The number of nitrogens with zero attached hydrogens (tertiary/aromatic N) is 3. The highest BCUT2D eigenvalue weighted by Crippen LogP contribution is 2.40. The molecule has 1 aromatic heterocycles. The molecule has 0 spiro atoms. The first-order chi connectivity index (χ1) is 13.8. The third-order valence-corrected chi connectivity index (χ3v) is 5.09.